The molecule has 0 radical (unpaired) electrons. The van der Waals surface area contributed by atoms with Crippen LogP contribution in [0, 0.1) is 26.4 Å². The summed E-state index contributed by atoms with van der Waals surface area (Å²) in [6, 6.07) is 6.25. The highest BCUT2D eigenvalue weighted by Crippen LogP contribution is 2.66. The van der Waals surface area contributed by atoms with Crippen LogP contribution < -0.4 is 0 Å². The maximum Gasteiger partial charge on any atom is 0.351 e. The van der Waals surface area contributed by atoms with E-state index in [9.17, 15) is 19.7 Å². The largest absolute Gasteiger partial charge is 0.454 e. The van der Waals surface area contributed by atoms with Crippen molar-refractivity contribution < 1.29 is 24.0 Å². The summed E-state index contributed by atoms with van der Waals surface area (Å²) in [6.45, 7) is 11.1. The molecule has 3 atom stereocenters. The van der Waals surface area contributed by atoms with Crippen molar-refractivity contribution in [3.05, 3.63) is 39.9 Å². The summed E-state index contributed by atoms with van der Waals surface area (Å²) in [5.41, 5.74) is -3.24. The summed E-state index contributed by atoms with van der Waals surface area (Å²) in [5.74, 6) is -1.02. The first kappa shape index (κ1) is 20.3. The third kappa shape index (κ3) is 2.55. The minimum Gasteiger partial charge on any atom is -0.454 e. The minimum absolute atomic E-state index is 0.105. The van der Waals surface area contributed by atoms with E-state index in [1.807, 2.05) is 41.5 Å². The number of rotatable bonds is 4. The zero-order chi connectivity index (χ0) is 21.1. The van der Waals surface area contributed by atoms with Gasteiger partial charge in [0.25, 0.3) is 5.69 Å². The first-order chi connectivity index (χ1) is 12.8. The van der Waals surface area contributed by atoms with E-state index in [1.165, 1.54) is 6.07 Å². The van der Waals surface area contributed by atoms with Crippen molar-refractivity contribution >= 4 is 17.6 Å². The number of carbonyl (C=O) groups is 2. The van der Waals surface area contributed by atoms with Crippen LogP contribution in [0.25, 0.3) is 0 Å². The number of nitro groups is 1. The van der Waals surface area contributed by atoms with Crippen molar-refractivity contribution in [2.24, 2.45) is 16.2 Å². The molecule has 7 nitrogen and oxygen atoms in total. The van der Waals surface area contributed by atoms with E-state index in [0.717, 1.165) is 0 Å². The van der Waals surface area contributed by atoms with Crippen LogP contribution in [0.15, 0.2) is 24.3 Å². The van der Waals surface area contributed by atoms with Gasteiger partial charge in [0.1, 0.15) is 6.10 Å². The molecule has 1 aliphatic heterocycles. The van der Waals surface area contributed by atoms with Gasteiger partial charge in [-0.25, -0.2) is 4.79 Å². The number of hydrogen-bond acceptors (Lipinski definition) is 6. The van der Waals surface area contributed by atoms with Crippen LogP contribution in [0.2, 0.25) is 0 Å². The van der Waals surface area contributed by atoms with E-state index in [0.29, 0.717) is 18.4 Å². The predicted octanol–water partition coefficient (Wildman–Crippen LogP) is 4.35. The van der Waals surface area contributed by atoms with Gasteiger partial charge >= 0.3 is 11.9 Å². The van der Waals surface area contributed by atoms with E-state index in [2.05, 4.69) is 0 Å². The Morgan fingerprint density at radius 1 is 1.21 bits per heavy atom. The molecule has 1 aliphatic carbocycles. The van der Waals surface area contributed by atoms with E-state index in [1.54, 1.807) is 18.2 Å². The Kier molecular flexibility index (Phi) is 4.37. The van der Waals surface area contributed by atoms with Crippen LogP contribution in [-0.2, 0) is 19.1 Å². The second-order valence-electron chi connectivity index (χ2n) is 9.64. The second kappa shape index (κ2) is 6.03. The lowest BCUT2D eigenvalue weighted by Gasteiger charge is -2.38. The summed E-state index contributed by atoms with van der Waals surface area (Å²) in [6.07, 6.45) is 0.0620. The topological polar surface area (TPSA) is 95.7 Å². The lowest BCUT2D eigenvalue weighted by Crippen LogP contribution is -2.49. The smallest absolute Gasteiger partial charge is 0.351 e. The number of nitrogens with zero attached hydrogens (tertiary/aromatic N) is 1. The van der Waals surface area contributed by atoms with Crippen molar-refractivity contribution in [2.45, 2.75) is 66.1 Å². The molecule has 1 aromatic carbocycles. The fourth-order valence-corrected chi connectivity index (χ4v) is 4.49. The van der Waals surface area contributed by atoms with Gasteiger partial charge in [-0.3, -0.25) is 14.9 Å². The maximum absolute atomic E-state index is 13.4. The quantitative estimate of drug-likeness (QED) is 0.432. The molecule has 1 saturated heterocycles. The lowest BCUT2D eigenvalue weighted by atomic mass is 9.66. The van der Waals surface area contributed by atoms with Gasteiger partial charge in [0, 0.05) is 16.9 Å². The predicted molar refractivity (Wildman–Crippen MR) is 101 cm³/mol. The number of nitro benzene ring substituents is 1. The van der Waals surface area contributed by atoms with Crippen molar-refractivity contribution in [2.75, 3.05) is 0 Å². The molecule has 1 heterocycles. The second-order valence-corrected chi connectivity index (χ2v) is 9.64. The Morgan fingerprint density at radius 3 is 2.29 bits per heavy atom. The van der Waals surface area contributed by atoms with Crippen LogP contribution in [0.5, 0.6) is 0 Å². The molecule has 0 aromatic heterocycles. The Balaban J connectivity index is 2.02. The molecule has 7 heteroatoms. The molecule has 0 unspecified atom stereocenters. The Labute approximate surface area is 164 Å². The minimum atomic E-state index is -1.37. The highest BCUT2D eigenvalue weighted by Gasteiger charge is 2.76. The molecule has 152 valence electrons. The van der Waals surface area contributed by atoms with Gasteiger partial charge in [0.15, 0.2) is 0 Å². The number of carbonyl (C=O) groups excluding carboxylic acids is 2. The average molecular weight is 389 g/mol. The third-order valence-electron chi connectivity index (χ3n) is 6.84. The summed E-state index contributed by atoms with van der Waals surface area (Å²) in [7, 11) is 0. The first-order valence-corrected chi connectivity index (χ1v) is 9.46. The SMILES string of the molecule is CC(C)(C)[C@H](OC(=O)[C@@]12CC[C@@](C)(C(=O)O1)C2(C)C)c1ccccc1[N+](=O)[O-]. The standard InChI is InChI=1S/C21H27NO6/c1-18(2,3)15(13-9-7-8-10-14(13)22(25)26)27-17(24)21-12-11-20(6,16(23)28-21)19(21,4)5/h7-10,15H,11-12H2,1-6H3/t15-,20+,21-/m1/s1. The van der Waals surface area contributed by atoms with Crippen molar-refractivity contribution in [1.29, 1.82) is 0 Å². The summed E-state index contributed by atoms with van der Waals surface area (Å²) in [4.78, 5) is 36.9. The molecule has 2 bridgehead atoms. The van der Waals surface area contributed by atoms with Gasteiger partial charge in [0.05, 0.1) is 15.9 Å². The molecule has 2 aliphatic rings. The molecular weight excluding hydrogens is 362 g/mol. The monoisotopic (exact) mass is 389 g/mol. The van der Waals surface area contributed by atoms with Crippen molar-refractivity contribution in [3.8, 4) is 0 Å². The number of esters is 2. The lowest BCUT2D eigenvalue weighted by molar-refractivity contribution is -0.386. The average Bonchev–Trinajstić information content (AvgIpc) is 2.88. The summed E-state index contributed by atoms with van der Waals surface area (Å²) in [5, 5.41) is 11.5. The van der Waals surface area contributed by atoms with Gasteiger partial charge < -0.3 is 9.47 Å². The molecule has 1 aromatic rings. The number of ether oxygens (including phenoxy) is 2. The third-order valence-corrected chi connectivity index (χ3v) is 6.84. The first-order valence-electron chi connectivity index (χ1n) is 9.46. The maximum atomic E-state index is 13.4. The van der Waals surface area contributed by atoms with Crippen molar-refractivity contribution in [3.63, 3.8) is 0 Å². The fraction of sp³-hybridized carbons (Fsp3) is 0.619. The number of para-hydroxylation sites is 1. The van der Waals surface area contributed by atoms with Gasteiger partial charge in [0.2, 0.25) is 5.60 Å². The van der Waals surface area contributed by atoms with Gasteiger partial charge in [-0.15, -0.1) is 0 Å². The van der Waals surface area contributed by atoms with E-state index >= 15 is 0 Å². The number of fused-ring (bicyclic) bond motifs is 2. The van der Waals surface area contributed by atoms with Crippen LogP contribution in [0.4, 0.5) is 5.69 Å². The van der Waals surface area contributed by atoms with Crippen molar-refractivity contribution in [1.82, 2.24) is 0 Å². The summed E-state index contributed by atoms with van der Waals surface area (Å²) >= 11 is 0. The molecular formula is C21H27NO6. The van der Waals surface area contributed by atoms with Crippen LogP contribution in [0.3, 0.4) is 0 Å². The Morgan fingerprint density at radius 2 is 1.82 bits per heavy atom. The van der Waals surface area contributed by atoms with E-state index in [-0.39, 0.29) is 5.69 Å². The van der Waals surface area contributed by atoms with Crippen LogP contribution in [-0.4, -0.2) is 22.5 Å². The molecule has 1 saturated carbocycles. The molecule has 0 N–H and O–H groups in total. The summed E-state index contributed by atoms with van der Waals surface area (Å²) < 4.78 is 11.5. The Bertz CT molecular complexity index is 855. The highest BCUT2D eigenvalue weighted by atomic mass is 16.6. The zero-order valence-corrected chi connectivity index (χ0v) is 17.2. The fourth-order valence-electron chi connectivity index (χ4n) is 4.49. The zero-order valence-electron chi connectivity index (χ0n) is 17.2. The van der Waals surface area contributed by atoms with E-state index in [4.69, 9.17) is 9.47 Å². The Hall–Kier alpha value is -2.44. The molecule has 0 spiro atoms. The van der Waals surface area contributed by atoms with E-state index < -0.39 is 44.8 Å². The highest BCUT2D eigenvalue weighted by molar-refractivity contribution is 5.93. The van der Waals surface area contributed by atoms with Crippen LogP contribution in [0.1, 0.15) is 66.1 Å². The van der Waals surface area contributed by atoms with Crippen LogP contribution >= 0.6 is 0 Å². The number of benzene rings is 1. The van der Waals surface area contributed by atoms with Gasteiger partial charge in [-0.05, 0) is 25.8 Å². The number of hydrogen-bond donors (Lipinski definition) is 0. The molecule has 2 fully saturated rings. The normalized spacial score (nSPS) is 29.3. The molecule has 0 amide bonds. The molecule has 28 heavy (non-hydrogen) atoms. The van der Waals surface area contributed by atoms with Gasteiger partial charge in [-0.1, -0.05) is 46.8 Å². The molecule has 3 rings (SSSR count). The van der Waals surface area contributed by atoms with Gasteiger partial charge in [-0.2, -0.15) is 0 Å².